The van der Waals surface area contributed by atoms with Crippen LogP contribution < -0.4 is 5.32 Å². The minimum absolute atomic E-state index is 0.121. The summed E-state index contributed by atoms with van der Waals surface area (Å²) >= 11 is 0. The molecule has 0 bridgehead atoms. The van der Waals surface area contributed by atoms with Crippen LogP contribution in [0.25, 0.3) is 0 Å². The number of nitrogens with zero attached hydrogens (tertiary/aromatic N) is 1. The fourth-order valence-electron chi connectivity index (χ4n) is 2.71. The summed E-state index contributed by atoms with van der Waals surface area (Å²) < 4.78 is 0. The number of aryl methyl sites for hydroxylation is 2. The van der Waals surface area contributed by atoms with E-state index < -0.39 is 0 Å². The third kappa shape index (κ3) is 4.34. The van der Waals surface area contributed by atoms with E-state index in [-0.39, 0.29) is 5.91 Å². The van der Waals surface area contributed by atoms with E-state index in [1.165, 1.54) is 18.4 Å². The molecule has 110 valence electrons. The van der Waals surface area contributed by atoms with Crippen molar-refractivity contribution in [1.82, 2.24) is 4.90 Å². The number of benzene rings is 1. The number of carbonyl (C=O) groups is 1. The topological polar surface area (TPSA) is 32.3 Å². The number of likely N-dealkylation sites (tertiary alicyclic amines) is 1. The van der Waals surface area contributed by atoms with Crippen LogP contribution in [0.2, 0.25) is 0 Å². The summed E-state index contributed by atoms with van der Waals surface area (Å²) in [7, 11) is 0. The van der Waals surface area contributed by atoms with Gasteiger partial charge in [0.1, 0.15) is 0 Å². The zero-order chi connectivity index (χ0) is 14.5. The van der Waals surface area contributed by atoms with Crippen LogP contribution in [0.5, 0.6) is 0 Å². The van der Waals surface area contributed by atoms with Crippen molar-refractivity contribution >= 4 is 11.6 Å². The molecule has 3 heteroatoms. The van der Waals surface area contributed by atoms with E-state index in [0.29, 0.717) is 6.42 Å². The molecule has 1 amide bonds. The largest absolute Gasteiger partial charge is 0.326 e. The van der Waals surface area contributed by atoms with Gasteiger partial charge in [-0.05, 0) is 57.3 Å². The summed E-state index contributed by atoms with van der Waals surface area (Å²) in [5.41, 5.74) is 3.29. The summed E-state index contributed by atoms with van der Waals surface area (Å²) in [6.45, 7) is 9.56. The number of amides is 1. The molecule has 0 atom stereocenters. The van der Waals surface area contributed by atoms with Gasteiger partial charge in [0.2, 0.25) is 5.91 Å². The SMILES string of the molecule is Cc1ccc(NC(=O)CCN2CCC(C)CC2)c(C)c1. The molecule has 0 aliphatic carbocycles. The second-order valence-electron chi connectivity index (χ2n) is 6.14. The fourth-order valence-corrected chi connectivity index (χ4v) is 2.71. The number of carbonyl (C=O) groups excluding carboxylic acids is 1. The molecule has 1 aliphatic rings. The van der Waals surface area contributed by atoms with E-state index >= 15 is 0 Å². The van der Waals surface area contributed by atoms with Gasteiger partial charge in [-0.25, -0.2) is 0 Å². The number of rotatable bonds is 4. The number of hydrogen-bond acceptors (Lipinski definition) is 2. The van der Waals surface area contributed by atoms with Crippen LogP contribution in [-0.2, 0) is 4.79 Å². The predicted molar refractivity (Wildman–Crippen MR) is 84.0 cm³/mol. The van der Waals surface area contributed by atoms with Crippen LogP contribution in [0.1, 0.15) is 37.3 Å². The van der Waals surface area contributed by atoms with E-state index in [2.05, 4.69) is 30.1 Å². The van der Waals surface area contributed by atoms with Gasteiger partial charge in [0.05, 0.1) is 0 Å². The second-order valence-corrected chi connectivity index (χ2v) is 6.14. The van der Waals surface area contributed by atoms with Crippen molar-refractivity contribution in [2.24, 2.45) is 5.92 Å². The summed E-state index contributed by atoms with van der Waals surface area (Å²) in [6.07, 6.45) is 3.11. The normalized spacial score (nSPS) is 17.1. The van der Waals surface area contributed by atoms with Gasteiger partial charge in [-0.2, -0.15) is 0 Å². The van der Waals surface area contributed by atoms with Crippen molar-refractivity contribution in [3.05, 3.63) is 29.3 Å². The molecule has 1 fully saturated rings. The van der Waals surface area contributed by atoms with Crippen LogP contribution in [-0.4, -0.2) is 30.4 Å². The Morgan fingerprint density at radius 1 is 1.30 bits per heavy atom. The Hall–Kier alpha value is -1.35. The Balaban J connectivity index is 1.78. The predicted octanol–water partition coefficient (Wildman–Crippen LogP) is 3.36. The van der Waals surface area contributed by atoms with Crippen LogP contribution in [0.3, 0.4) is 0 Å². The van der Waals surface area contributed by atoms with Crippen LogP contribution >= 0.6 is 0 Å². The summed E-state index contributed by atoms with van der Waals surface area (Å²) in [5, 5.41) is 3.02. The Morgan fingerprint density at radius 3 is 2.65 bits per heavy atom. The first-order valence-corrected chi connectivity index (χ1v) is 7.64. The van der Waals surface area contributed by atoms with E-state index in [1.54, 1.807) is 0 Å². The number of piperidine rings is 1. The lowest BCUT2D eigenvalue weighted by Crippen LogP contribution is -2.35. The summed E-state index contributed by atoms with van der Waals surface area (Å²) in [6, 6.07) is 6.13. The maximum Gasteiger partial charge on any atom is 0.225 e. The van der Waals surface area contributed by atoms with Gasteiger partial charge in [-0.1, -0.05) is 24.6 Å². The van der Waals surface area contributed by atoms with Crippen molar-refractivity contribution in [3.63, 3.8) is 0 Å². The monoisotopic (exact) mass is 274 g/mol. The molecule has 0 radical (unpaired) electrons. The lowest BCUT2D eigenvalue weighted by molar-refractivity contribution is -0.116. The first-order valence-electron chi connectivity index (χ1n) is 7.64. The molecule has 1 aromatic carbocycles. The number of anilines is 1. The van der Waals surface area contributed by atoms with Crippen molar-refractivity contribution in [1.29, 1.82) is 0 Å². The van der Waals surface area contributed by atoms with Gasteiger partial charge in [0.25, 0.3) is 0 Å². The highest BCUT2D eigenvalue weighted by atomic mass is 16.1. The Morgan fingerprint density at radius 2 is 2.00 bits per heavy atom. The highest BCUT2D eigenvalue weighted by Gasteiger charge is 2.16. The van der Waals surface area contributed by atoms with Crippen LogP contribution in [0, 0.1) is 19.8 Å². The minimum Gasteiger partial charge on any atom is -0.326 e. The van der Waals surface area contributed by atoms with E-state index in [0.717, 1.165) is 36.8 Å². The third-order valence-electron chi connectivity index (χ3n) is 4.19. The van der Waals surface area contributed by atoms with Gasteiger partial charge in [0.15, 0.2) is 0 Å². The van der Waals surface area contributed by atoms with Gasteiger partial charge < -0.3 is 10.2 Å². The molecule has 1 saturated heterocycles. The molecule has 0 aromatic heterocycles. The highest BCUT2D eigenvalue weighted by molar-refractivity contribution is 5.91. The highest BCUT2D eigenvalue weighted by Crippen LogP contribution is 2.18. The number of hydrogen-bond donors (Lipinski definition) is 1. The summed E-state index contributed by atoms with van der Waals surface area (Å²) in [5.74, 6) is 0.964. The summed E-state index contributed by atoms with van der Waals surface area (Å²) in [4.78, 5) is 14.4. The van der Waals surface area contributed by atoms with Gasteiger partial charge in [0, 0.05) is 18.7 Å². The van der Waals surface area contributed by atoms with Gasteiger partial charge in [-0.3, -0.25) is 4.79 Å². The van der Waals surface area contributed by atoms with Crippen LogP contribution in [0.15, 0.2) is 18.2 Å². The van der Waals surface area contributed by atoms with E-state index in [4.69, 9.17) is 0 Å². The molecule has 20 heavy (non-hydrogen) atoms. The zero-order valence-corrected chi connectivity index (χ0v) is 12.9. The molecule has 0 saturated carbocycles. The molecular weight excluding hydrogens is 248 g/mol. The van der Waals surface area contributed by atoms with Gasteiger partial charge in [-0.15, -0.1) is 0 Å². The molecule has 1 aromatic rings. The third-order valence-corrected chi connectivity index (χ3v) is 4.19. The molecule has 0 spiro atoms. The maximum absolute atomic E-state index is 12.0. The first kappa shape index (κ1) is 15.0. The van der Waals surface area contributed by atoms with Crippen LogP contribution in [0.4, 0.5) is 5.69 Å². The van der Waals surface area contributed by atoms with E-state index in [9.17, 15) is 4.79 Å². The van der Waals surface area contributed by atoms with Crippen molar-refractivity contribution in [3.8, 4) is 0 Å². The molecule has 1 heterocycles. The van der Waals surface area contributed by atoms with Crippen molar-refractivity contribution < 1.29 is 4.79 Å². The molecule has 1 aliphatic heterocycles. The van der Waals surface area contributed by atoms with E-state index in [1.807, 2.05) is 19.1 Å². The molecule has 3 nitrogen and oxygen atoms in total. The van der Waals surface area contributed by atoms with Crippen molar-refractivity contribution in [2.45, 2.75) is 40.0 Å². The Kier molecular flexibility index (Phi) is 5.18. The maximum atomic E-state index is 12.0. The Bertz CT molecular complexity index is 462. The lowest BCUT2D eigenvalue weighted by Gasteiger charge is -2.29. The molecule has 2 rings (SSSR count). The Labute approximate surface area is 122 Å². The molecule has 0 unspecified atom stereocenters. The number of nitrogens with one attached hydrogen (secondary N) is 1. The standard InChI is InChI=1S/C17H26N2O/c1-13-6-9-19(10-7-13)11-8-17(20)18-16-5-4-14(2)12-15(16)3/h4-5,12-13H,6-11H2,1-3H3,(H,18,20). The molecular formula is C17H26N2O. The lowest BCUT2D eigenvalue weighted by atomic mass is 9.99. The zero-order valence-electron chi connectivity index (χ0n) is 12.9. The van der Waals surface area contributed by atoms with Gasteiger partial charge >= 0.3 is 0 Å². The average Bonchev–Trinajstić information content (AvgIpc) is 2.41. The second kappa shape index (κ2) is 6.89. The smallest absolute Gasteiger partial charge is 0.225 e. The quantitative estimate of drug-likeness (QED) is 0.913. The molecule has 1 N–H and O–H groups in total. The first-order chi connectivity index (χ1) is 9.54. The van der Waals surface area contributed by atoms with Crippen molar-refractivity contribution in [2.75, 3.05) is 25.0 Å². The average molecular weight is 274 g/mol. The minimum atomic E-state index is 0.121. The fraction of sp³-hybridized carbons (Fsp3) is 0.588.